The lowest BCUT2D eigenvalue weighted by Gasteiger charge is -2.27. The average molecular weight is 144 g/mol. The van der Waals surface area contributed by atoms with E-state index in [0.29, 0.717) is 12.0 Å². The van der Waals surface area contributed by atoms with Gasteiger partial charge in [-0.25, -0.2) is 0 Å². The SMILES string of the molecule is CC(C)(C)C(CO)[C@@H]1CO1. The predicted molar refractivity (Wildman–Crippen MR) is 39.8 cm³/mol. The van der Waals surface area contributed by atoms with Crippen LogP contribution in [0, 0.1) is 11.3 Å². The van der Waals surface area contributed by atoms with Crippen molar-refractivity contribution in [3.8, 4) is 0 Å². The average Bonchev–Trinajstić information content (AvgIpc) is 2.46. The minimum atomic E-state index is 0.177. The monoisotopic (exact) mass is 144 g/mol. The molecule has 0 saturated carbocycles. The molecule has 1 heterocycles. The Hall–Kier alpha value is -0.0800. The Bertz CT molecular complexity index is 111. The van der Waals surface area contributed by atoms with Gasteiger partial charge in [0.25, 0.3) is 0 Å². The van der Waals surface area contributed by atoms with Gasteiger partial charge in [0, 0.05) is 12.5 Å². The summed E-state index contributed by atoms with van der Waals surface area (Å²) in [5.41, 5.74) is 0.177. The molecule has 2 atom stereocenters. The zero-order valence-corrected chi connectivity index (χ0v) is 6.92. The first-order valence-corrected chi connectivity index (χ1v) is 3.78. The van der Waals surface area contributed by atoms with Crippen LogP contribution in [0.15, 0.2) is 0 Å². The normalized spacial score (nSPS) is 28.2. The topological polar surface area (TPSA) is 32.8 Å². The maximum absolute atomic E-state index is 8.99. The van der Waals surface area contributed by atoms with Gasteiger partial charge in [-0.15, -0.1) is 0 Å². The fraction of sp³-hybridized carbons (Fsp3) is 1.00. The summed E-state index contributed by atoms with van der Waals surface area (Å²) in [6, 6.07) is 0. The molecule has 1 fully saturated rings. The Morgan fingerprint density at radius 3 is 2.20 bits per heavy atom. The molecule has 10 heavy (non-hydrogen) atoms. The van der Waals surface area contributed by atoms with Crippen molar-refractivity contribution in [3.63, 3.8) is 0 Å². The molecule has 0 aromatic rings. The highest BCUT2D eigenvalue weighted by Crippen LogP contribution is 2.34. The number of hydrogen-bond donors (Lipinski definition) is 1. The first kappa shape index (κ1) is 8.02. The Labute approximate surface area is 62.2 Å². The lowest BCUT2D eigenvalue weighted by atomic mass is 9.79. The van der Waals surface area contributed by atoms with Crippen LogP contribution in [0.1, 0.15) is 20.8 Å². The van der Waals surface area contributed by atoms with Crippen molar-refractivity contribution >= 4 is 0 Å². The number of aliphatic hydroxyl groups is 1. The van der Waals surface area contributed by atoms with Gasteiger partial charge in [-0.2, -0.15) is 0 Å². The molecule has 1 rings (SSSR count). The molecule has 1 aliphatic heterocycles. The summed E-state index contributed by atoms with van der Waals surface area (Å²) in [4.78, 5) is 0. The van der Waals surface area contributed by atoms with Crippen LogP contribution in [0.2, 0.25) is 0 Å². The van der Waals surface area contributed by atoms with Crippen LogP contribution >= 0.6 is 0 Å². The van der Waals surface area contributed by atoms with E-state index in [0.717, 1.165) is 6.61 Å². The van der Waals surface area contributed by atoms with Crippen LogP contribution in [0.5, 0.6) is 0 Å². The van der Waals surface area contributed by atoms with Crippen LogP contribution < -0.4 is 0 Å². The summed E-state index contributed by atoms with van der Waals surface area (Å²) in [5, 5.41) is 8.99. The minimum absolute atomic E-state index is 0.177. The molecular weight excluding hydrogens is 128 g/mol. The third-order valence-corrected chi connectivity index (χ3v) is 2.12. The van der Waals surface area contributed by atoms with E-state index in [9.17, 15) is 0 Å². The summed E-state index contributed by atoms with van der Waals surface area (Å²) in [7, 11) is 0. The lowest BCUT2D eigenvalue weighted by molar-refractivity contribution is 0.103. The molecule has 0 amide bonds. The van der Waals surface area contributed by atoms with Gasteiger partial charge >= 0.3 is 0 Å². The second-order valence-electron chi connectivity index (χ2n) is 4.03. The van der Waals surface area contributed by atoms with Crippen molar-refractivity contribution in [3.05, 3.63) is 0 Å². The fourth-order valence-electron chi connectivity index (χ4n) is 1.24. The van der Waals surface area contributed by atoms with Gasteiger partial charge < -0.3 is 9.84 Å². The van der Waals surface area contributed by atoms with Crippen molar-refractivity contribution in [1.29, 1.82) is 0 Å². The summed E-state index contributed by atoms with van der Waals surface area (Å²) < 4.78 is 5.13. The van der Waals surface area contributed by atoms with Crippen LogP contribution in [0.25, 0.3) is 0 Å². The van der Waals surface area contributed by atoms with Crippen LogP contribution in [-0.4, -0.2) is 24.4 Å². The van der Waals surface area contributed by atoms with E-state index >= 15 is 0 Å². The minimum Gasteiger partial charge on any atom is -0.396 e. The maximum atomic E-state index is 8.99. The van der Waals surface area contributed by atoms with E-state index in [-0.39, 0.29) is 12.0 Å². The molecule has 1 saturated heterocycles. The molecule has 0 radical (unpaired) electrons. The van der Waals surface area contributed by atoms with Crippen LogP contribution in [0.3, 0.4) is 0 Å². The van der Waals surface area contributed by atoms with E-state index in [1.54, 1.807) is 0 Å². The molecule has 0 aromatic heterocycles. The molecule has 2 nitrogen and oxygen atoms in total. The van der Waals surface area contributed by atoms with E-state index in [4.69, 9.17) is 9.84 Å². The molecule has 60 valence electrons. The van der Waals surface area contributed by atoms with E-state index in [1.807, 2.05) is 0 Å². The molecule has 0 spiro atoms. The second kappa shape index (κ2) is 2.51. The molecule has 2 heteroatoms. The standard InChI is InChI=1S/C8H16O2/c1-8(2,3)6(4-9)7-5-10-7/h6-7,9H,4-5H2,1-3H3/t6?,7-/m0/s1. The van der Waals surface area contributed by atoms with Crippen LogP contribution in [-0.2, 0) is 4.74 Å². The number of aliphatic hydroxyl groups excluding tert-OH is 1. The van der Waals surface area contributed by atoms with Crippen molar-refractivity contribution in [1.82, 2.24) is 0 Å². The second-order valence-corrected chi connectivity index (χ2v) is 4.03. The molecule has 1 N–H and O–H groups in total. The van der Waals surface area contributed by atoms with Gasteiger partial charge in [0.2, 0.25) is 0 Å². The summed E-state index contributed by atoms with van der Waals surface area (Å²) >= 11 is 0. The van der Waals surface area contributed by atoms with Crippen molar-refractivity contribution in [2.75, 3.05) is 13.2 Å². The maximum Gasteiger partial charge on any atom is 0.0864 e. The highest BCUT2D eigenvalue weighted by molar-refractivity contribution is 4.86. The third kappa shape index (κ3) is 1.70. The number of rotatable bonds is 2. The number of hydrogen-bond acceptors (Lipinski definition) is 2. The molecule has 1 unspecified atom stereocenters. The molecule has 0 bridgehead atoms. The Morgan fingerprint density at radius 1 is 1.60 bits per heavy atom. The van der Waals surface area contributed by atoms with Crippen molar-refractivity contribution in [2.45, 2.75) is 26.9 Å². The van der Waals surface area contributed by atoms with E-state index in [2.05, 4.69) is 20.8 Å². The Kier molecular flexibility index (Phi) is 2.02. The first-order valence-electron chi connectivity index (χ1n) is 3.78. The van der Waals surface area contributed by atoms with Gasteiger partial charge in [-0.3, -0.25) is 0 Å². The zero-order valence-electron chi connectivity index (χ0n) is 6.92. The number of ether oxygens (including phenoxy) is 1. The zero-order chi connectivity index (χ0) is 7.78. The first-order chi connectivity index (χ1) is 4.55. The van der Waals surface area contributed by atoms with Gasteiger partial charge in [-0.05, 0) is 5.41 Å². The molecular formula is C8H16O2. The summed E-state index contributed by atoms with van der Waals surface area (Å²) in [6.45, 7) is 7.48. The fourth-order valence-corrected chi connectivity index (χ4v) is 1.24. The smallest absolute Gasteiger partial charge is 0.0864 e. The molecule has 0 aromatic carbocycles. The van der Waals surface area contributed by atoms with Crippen molar-refractivity contribution in [2.24, 2.45) is 11.3 Å². The number of epoxide rings is 1. The Morgan fingerprint density at radius 2 is 2.10 bits per heavy atom. The van der Waals surface area contributed by atoms with Crippen LogP contribution in [0.4, 0.5) is 0 Å². The summed E-state index contributed by atoms with van der Waals surface area (Å²) in [5.74, 6) is 0.312. The van der Waals surface area contributed by atoms with Gasteiger partial charge in [0.1, 0.15) is 0 Å². The highest BCUT2D eigenvalue weighted by atomic mass is 16.6. The van der Waals surface area contributed by atoms with Gasteiger partial charge in [0.15, 0.2) is 0 Å². The van der Waals surface area contributed by atoms with Gasteiger partial charge in [0.05, 0.1) is 12.7 Å². The van der Waals surface area contributed by atoms with E-state index < -0.39 is 0 Å². The predicted octanol–water partition coefficient (Wildman–Crippen LogP) is 1.04. The van der Waals surface area contributed by atoms with Gasteiger partial charge in [-0.1, -0.05) is 20.8 Å². The van der Waals surface area contributed by atoms with Crippen molar-refractivity contribution < 1.29 is 9.84 Å². The molecule has 1 aliphatic rings. The summed E-state index contributed by atoms with van der Waals surface area (Å²) in [6.07, 6.45) is 0.324. The third-order valence-electron chi connectivity index (χ3n) is 2.12. The quantitative estimate of drug-likeness (QED) is 0.587. The van der Waals surface area contributed by atoms with E-state index in [1.165, 1.54) is 0 Å². The largest absolute Gasteiger partial charge is 0.396 e. The Balaban J connectivity index is 2.46. The lowest BCUT2D eigenvalue weighted by Crippen LogP contribution is -2.28. The highest BCUT2D eigenvalue weighted by Gasteiger charge is 2.39. The molecule has 0 aliphatic carbocycles.